The highest BCUT2D eigenvalue weighted by Crippen LogP contribution is 2.19. The minimum absolute atomic E-state index is 0.0231. The van der Waals surface area contributed by atoms with Crippen LogP contribution in [0.25, 0.3) is 11.4 Å². The summed E-state index contributed by atoms with van der Waals surface area (Å²) in [6.07, 6.45) is 6.49. The van der Waals surface area contributed by atoms with Crippen LogP contribution in [0.2, 0.25) is 0 Å². The topological polar surface area (TPSA) is 75.9 Å². The SMILES string of the molecule is CCCCc1ccc(-c2ccc(C(=O)Oc3ccc(C#N)c(F)c3)cn2)nc1. The third kappa shape index (κ3) is 4.57. The molecule has 6 heteroatoms. The number of benzene rings is 1. The first-order valence-corrected chi connectivity index (χ1v) is 8.94. The van der Waals surface area contributed by atoms with Crippen LogP contribution < -0.4 is 4.74 Å². The van der Waals surface area contributed by atoms with Crippen molar-refractivity contribution in [1.29, 1.82) is 5.26 Å². The van der Waals surface area contributed by atoms with Crippen LogP contribution in [-0.4, -0.2) is 15.9 Å². The number of esters is 1. The van der Waals surface area contributed by atoms with Crippen LogP contribution in [0.3, 0.4) is 0 Å². The molecule has 0 aliphatic rings. The van der Waals surface area contributed by atoms with Crippen LogP contribution in [0, 0.1) is 17.1 Å². The first-order valence-electron chi connectivity index (χ1n) is 8.94. The lowest BCUT2D eigenvalue weighted by molar-refractivity contribution is 0.0734. The molecule has 2 aromatic heterocycles. The number of carbonyl (C=O) groups is 1. The van der Waals surface area contributed by atoms with Gasteiger partial charge in [-0.3, -0.25) is 9.97 Å². The van der Waals surface area contributed by atoms with Crippen molar-refractivity contribution >= 4 is 5.97 Å². The molecule has 0 atom stereocenters. The molecule has 1 aromatic carbocycles. The Morgan fingerprint density at radius 1 is 1.11 bits per heavy atom. The van der Waals surface area contributed by atoms with Gasteiger partial charge >= 0.3 is 5.97 Å². The van der Waals surface area contributed by atoms with Gasteiger partial charge in [-0.25, -0.2) is 9.18 Å². The van der Waals surface area contributed by atoms with E-state index >= 15 is 0 Å². The average Bonchev–Trinajstić information content (AvgIpc) is 2.73. The van der Waals surface area contributed by atoms with E-state index in [-0.39, 0.29) is 16.9 Å². The zero-order valence-electron chi connectivity index (χ0n) is 15.4. The summed E-state index contributed by atoms with van der Waals surface area (Å²) in [7, 11) is 0. The van der Waals surface area contributed by atoms with Crippen molar-refractivity contribution in [3.8, 4) is 23.2 Å². The summed E-state index contributed by atoms with van der Waals surface area (Å²) in [5, 5.41) is 8.73. The zero-order chi connectivity index (χ0) is 19.9. The van der Waals surface area contributed by atoms with Crippen molar-refractivity contribution in [2.45, 2.75) is 26.2 Å². The number of unbranched alkanes of at least 4 members (excludes halogenated alkanes) is 1. The van der Waals surface area contributed by atoms with E-state index < -0.39 is 11.8 Å². The van der Waals surface area contributed by atoms with E-state index in [1.54, 1.807) is 18.2 Å². The highest BCUT2D eigenvalue weighted by atomic mass is 19.1. The second-order valence-corrected chi connectivity index (χ2v) is 6.23. The van der Waals surface area contributed by atoms with E-state index in [9.17, 15) is 9.18 Å². The van der Waals surface area contributed by atoms with Gasteiger partial charge in [-0.1, -0.05) is 19.4 Å². The largest absolute Gasteiger partial charge is 0.423 e. The number of hydrogen-bond donors (Lipinski definition) is 0. The molecule has 0 radical (unpaired) electrons. The fourth-order valence-corrected chi connectivity index (χ4v) is 2.59. The van der Waals surface area contributed by atoms with Crippen molar-refractivity contribution in [3.05, 3.63) is 77.4 Å². The quantitative estimate of drug-likeness (QED) is 0.460. The molecular formula is C22H18FN3O2. The number of hydrogen-bond acceptors (Lipinski definition) is 5. The van der Waals surface area contributed by atoms with Crippen LogP contribution >= 0.6 is 0 Å². The minimum Gasteiger partial charge on any atom is -0.423 e. The zero-order valence-corrected chi connectivity index (χ0v) is 15.4. The molecular weight excluding hydrogens is 357 g/mol. The van der Waals surface area contributed by atoms with Crippen LogP contribution in [-0.2, 0) is 6.42 Å². The van der Waals surface area contributed by atoms with E-state index in [4.69, 9.17) is 10.00 Å². The van der Waals surface area contributed by atoms with Gasteiger partial charge < -0.3 is 4.74 Å². The van der Waals surface area contributed by atoms with Crippen molar-refractivity contribution in [3.63, 3.8) is 0 Å². The molecule has 0 unspecified atom stereocenters. The van der Waals surface area contributed by atoms with Gasteiger partial charge in [-0.05, 0) is 48.7 Å². The maximum atomic E-state index is 13.6. The van der Waals surface area contributed by atoms with Gasteiger partial charge in [0, 0.05) is 18.5 Å². The Bertz CT molecular complexity index is 1010. The van der Waals surface area contributed by atoms with E-state index in [0.29, 0.717) is 11.4 Å². The van der Waals surface area contributed by atoms with Gasteiger partial charge in [0.15, 0.2) is 0 Å². The molecule has 140 valence electrons. The van der Waals surface area contributed by atoms with Gasteiger partial charge in [0.05, 0.1) is 22.5 Å². The summed E-state index contributed by atoms with van der Waals surface area (Å²) in [6.45, 7) is 2.15. The lowest BCUT2D eigenvalue weighted by Crippen LogP contribution is -2.09. The molecule has 28 heavy (non-hydrogen) atoms. The third-order valence-corrected chi connectivity index (χ3v) is 4.18. The second-order valence-electron chi connectivity index (χ2n) is 6.23. The second kappa shape index (κ2) is 8.87. The van der Waals surface area contributed by atoms with Crippen molar-refractivity contribution in [1.82, 2.24) is 9.97 Å². The predicted octanol–water partition coefficient (Wildman–Crippen LogP) is 4.72. The molecule has 5 nitrogen and oxygen atoms in total. The molecule has 3 aromatic rings. The standard InChI is InChI=1S/C22H18FN3O2/c1-2-3-4-15-5-9-20(25-13-15)21-10-7-17(14-26-21)22(27)28-18-8-6-16(12-24)19(23)11-18/h5-11,13-14H,2-4H2,1H3. The Kier molecular flexibility index (Phi) is 6.07. The Hall–Kier alpha value is -3.59. The van der Waals surface area contributed by atoms with Gasteiger partial charge in [0.25, 0.3) is 0 Å². The maximum absolute atomic E-state index is 13.6. The summed E-state index contributed by atoms with van der Waals surface area (Å²) in [5.74, 6) is -1.38. The normalized spacial score (nSPS) is 10.3. The average molecular weight is 375 g/mol. The molecule has 0 saturated heterocycles. The Balaban J connectivity index is 1.69. The fraction of sp³-hybridized carbons (Fsp3) is 0.182. The monoisotopic (exact) mass is 375 g/mol. The van der Waals surface area contributed by atoms with Crippen molar-refractivity contribution in [2.75, 3.05) is 0 Å². The van der Waals surface area contributed by atoms with Gasteiger partial charge in [-0.15, -0.1) is 0 Å². The molecule has 0 aliphatic carbocycles. The number of halogens is 1. The summed E-state index contributed by atoms with van der Waals surface area (Å²) in [6, 6.07) is 12.5. The summed E-state index contributed by atoms with van der Waals surface area (Å²) >= 11 is 0. The highest BCUT2D eigenvalue weighted by molar-refractivity contribution is 5.91. The Morgan fingerprint density at radius 3 is 2.43 bits per heavy atom. The fourth-order valence-electron chi connectivity index (χ4n) is 2.59. The number of nitriles is 1. The number of aromatic nitrogens is 2. The van der Waals surface area contributed by atoms with E-state index in [1.807, 2.05) is 18.3 Å². The molecule has 3 rings (SSSR count). The first kappa shape index (κ1) is 19.2. The minimum atomic E-state index is -0.741. The predicted molar refractivity (Wildman–Crippen MR) is 102 cm³/mol. The summed E-state index contributed by atoms with van der Waals surface area (Å²) in [5.41, 5.74) is 2.66. The van der Waals surface area contributed by atoms with Crippen molar-refractivity contribution in [2.24, 2.45) is 0 Å². The number of nitrogens with zero attached hydrogens (tertiary/aromatic N) is 3. The molecule has 0 amide bonds. The summed E-state index contributed by atoms with van der Waals surface area (Å²) < 4.78 is 18.7. The smallest absolute Gasteiger partial charge is 0.345 e. The van der Waals surface area contributed by atoms with Crippen molar-refractivity contribution < 1.29 is 13.9 Å². The van der Waals surface area contributed by atoms with E-state index in [2.05, 4.69) is 16.9 Å². The number of aryl methyl sites for hydroxylation is 1. The molecule has 0 N–H and O–H groups in total. The maximum Gasteiger partial charge on any atom is 0.345 e. The van der Waals surface area contributed by atoms with Gasteiger partial charge in [-0.2, -0.15) is 5.26 Å². The van der Waals surface area contributed by atoms with Gasteiger partial charge in [0.1, 0.15) is 17.6 Å². The summed E-state index contributed by atoms with van der Waals surface area (Å²) in [4.78, 5) is 20.9. The Morgan fingerprint density at radius 2 is 1.86 bits per heavy atom. The highest BCUT2D eigenvalue weighted by Gasteiger charge is 2.12. The molecule has 0 bridgehead atoms. The third-order valence-electron chi connectivity index (χ3n) is 4.18. The van der Waals surface area contributed by atoms with Crippen LogP contribution in [0.4, 0.5) is 4.39 Å². The molecule has 0 spiro atoms. The van der Waals surface area contributed by atoms with Gasteiger partial charge in [0.2, 0.25) is 0 Å². The molecule has 2 heterocycles. The van der Waals surface area contributed by atoms with Crippen LogP contribution in [0.15, 0.2) is 54.9 Å². The molecule has 0 saturated carbocycles. The van der Waals surface area contributed by atoms with E-state index in [1.165, 1.54) is 23.9 Å². The van der Waals surface area contributed by atoms with Crippen LogP contribution in [0.5, 0.6) is 5.75 Å². The molecule has 0 aliphatic heterocycles. The van der Waals surface area contributed by atoms with E-state index in [0.717, 1.165) is 25.3 Å². The number of ether oxygens (including phenoxy) is 1. The number of pyridine rings is 2. The molecule has 0 fully saturated rings. The van der Waals surface area contributed by atoms with Crippen LogP contribution in [0.1, 0.15) is 41.3 Å². The Labute approximate surface area is 162 Å². The lowest BCUT2D eigenvalue weighted by Gasteiger charge is -2.06. The lowest BCUT2D eigenvalue weighted by atomic mass is 10.1. The first-order chi connectivity index (χ1) is 13.6. The number of rotatable bonds is 6. The number of carbonyl (C=O) groups excluding carboxylic acids is 1.